The molecule has 0 spiro atoms. The molecule has 3 rings (SSSR count). The summed E-state index contributed by atoms with van der Waals surface area (Å²) in [6, 6.07) is 6.37. The third-order valence-electron chi connectivity index (χ3n) is 3.37. The van der Waals surface area contributed by atoms with Crippen molar-refractivity contribution < 1.29 is 29.0 Å². The van der Waals surface area contributed by atoms with Gasteiger partial charge in [0.25, 0.3) is 0 Å². The molecule has 6 nitrogen and oxygen atoms in total. The Morgan fingerprint density at radius 2 is 1.81 bits per heavy atom. The van der Waals surface area contributed by atoms with Gasteiger partial charge in [0.2, 0.25) is 12.0 Å². The number of carbonyl (C=O) groups is 3. The number of ether oxygens (including phenoxy) is 2. The van der Waals surface area contributed by atoms with E-state index in [0.717, 1.165) is 6.08 Å². The van der Waals surface area contributed by atoms with E-state index in [-0.39, 0.29) is 22.3 Å². The zero-order valence-electron chi connectivity index (χ0n) is 11.0. The summed E-state index contributed by atoms with van der Waals surface area (Å²) < 4.78 is 10.1. The van der Waals surface area contributed by atoms with E-state index in [2.05, 4.69) is 0 Å². The van der Waals surface area contributed by atoms with E-state index >= 15 is 0 Å². The van der Waals surface area contributed by atoms with Crippen molar-refractivity contribution >= 4 is 17.5 Å². The summed E-state index contributed by atoms with van der Waals surface area (Å²) in [5.74, 6) is -2.57. The first kappa shape index (κ1) is 13.3. The van der Waals surface area contributed by atoms with Gasteiger partial charge in [0, 0.05) is 23.8 Å². The molecule has 0 radical (unpaired) electrons. The Morgan fingerprint density at radius 1 is 1.19 bits per heavy atom. The van der Waals surface area contributed by atoms with Crippen molar-refractivity contribution in [2.75, 3.05) is 7.11 Å². The fourth-order valence-electron chi connectivity index (χ4n) is 2.41. The summed E-state index contributed by atoms with van der Waals surface area (Å²) in [7, 11) is 1.28. The molecule has 1 aromatic rings. The molecule has 1 aromatic carbocycles. The van der Waals surface area contributed by atoms with Crippen LogP contribution < -0.4 is 0 Å². The Labute approximate surface area is 119 Å². The van der Waals surface area contributed by atoms with Crippen LogP contribution in [0, 0.1) is 0 Å². The van der Waals surface area contributed by atoms with Crippen molar-refractivity contribution in [1.82, 2.24) is 0 Å². The predicted octanol–water partition coefficient (Wildman–Crippen LogP) is 1.33. The minimum atomic E-state index is -1.33. The number of hydrogen-bond acceptors (Lipinski definition) is 5. The topological polar surface area (TPSA) is 89.9 Å². The Bertz CT molecular complexity index is 740. The second-order valence-corrected chi connectivity index (χ2v) is 4.53. The summed E-state index contributed by atoms with van der Waals surface area (Å²) in [5.41, 5.74) is 0.554. The first-order valence-electron chi connectivity index (χ1n) is 6.11. The maximum atomic E-state index is 12.5. The maximum Gasteiger partial charge on any atom is 0.371 e. The molecule has 0 saturated heterocycles. The number of carboxylic acid groups (broad SMARTS) is 1. The third kappa shape index (κ3) is 1.88. The Hall–Kier alpha value is -2.73. The highest BCUT2D eigenvalue weighted by atomic mass is 16.7. The van der Waals surface area contributed by atoms with E-state index in [1.54, 1.807) is 18.2 Å². The molecule has 1 unspecified atom stereocenters. The molecular formula is C15H10O6. The van der Waals surface area contributed by atoms with Crippen LogP contribution >= 0.6 is 0 Å². The number of methoxy groups -OCH3 is 1. The lowest BCUT2D eigenvalue weighted by atomic mass is 9.82. The summed E-state index contributed by atoms with van der Waals surface area (Å²) in [6.45, 7) is 0. The summed E-state index contributed by atoms with van der Waals surface area (Å²) in [5, 5.41) is 9.02. The lowest BCUT2D eigenvalue weighted by molar-refractivity contribution is -0.143. The molecule has 21 heavy (non-hydrogen) atoms. The predicted molar refractivity (Wildman–Crippen MR) is 69.7 cm³/mol. The van der Waals surface area contributed by atoms with Gasteiger partial charge in [0.15, 0.2) is 11.6 Å². The smallest absolute Gasteiger partial charge is 0.371 e. The van der Waals surface area contributed by atoms with Crippen LogP contribution in [0.25, 0.3) is 0 Å². The van der Waals surface area contributed by atoms with Crippen molar-refractivity contribution in [2.24, 2.45) is 0 Å². The number of benzene rings is 1. The second kappa shape index (κ2) is 4.68. The van der Waals surface area contributed by atoms with Gasteiger partial charge in [-0.3, -0.25) is 9.59 Å². The van der Waals surface area contributed by atoms with Gasteiger partial charge in [-0.05, 0) is 6.08 Å². The van der Waals surface area contributed by atoms with Crippen LogP contribution in [-0.4, -0.2) is 36.0 Å². The molecule has 1 aliphatic heterocycles. The number of carboxylic acids is 1. The molecule has 0 bridgehead atoms. The minimum absolute atomic E-state index is 0.00852. The molecule has 6 heteroatoms. The van der Waals surface area contributed by atoms with E-state index < -0.39 is 29.6 Å². The fraction of sp³-hybridized carbons (Fsp3) is 0.133. The van der Waals surface area contributed by atoms with Gasteiger partial charge in [-0.15, -0.1) is 0 Å². The standard InChI is InChI=1S/C15H10O6/c1-20-15-11-9(6-10(21-15)14(18)19)12(16)7-4-2-3-5-8(7)13(11)17/h2-6,15H,1H3,(H,18,19). The molecule has 0 fully saturated rings. The van der Waals surface area contributed by atoms with E-state index in [9.17, 15) is 14.4 Å². The van der Waals surface area contributed by atoms with Crippen molar-refractivity contribution in [3.05, 3.63) is 58.4 Å². The Morgan fingerprint density at radius 3 is 2.38 bits per heavy atom. The molecule has 1 atom stereocenters. The van der Waals surface area contributed by atoms with Crippen LogP contribution in [0.2, 0.25) is 0 Å². The Balaban J connectivity index is 2.23. The molecular weight excluding hydrogens is 276 g/mol. The van der Waals surface area contributed by atoms with Gasteiger partial charge >= 0.3 is 5.97 Å². The average molecular weight is 286 g/mol. The van der Waals surface area contributed by atoms with Gasteiger partial charge < -0.3 is 14.6 Å². The number of hydrogen-bond donors (Lipinski definition) is 1. The lowest BCUT2D eigenvalue weighted by Gasteiger charge is -2.28. The first-order chi connectivity index (χ1) is 10.0. The fourth-order valence-corrected chi connectivity index (χ4v) is 2.41. The normalized spacial score (nSPS) is 20.4. The average Bonchev–Trinajstić information content (AvgIpc) is 2.51. The maximum absolute atomic E-state index is 12.5. The molecule has 1 N–H and O–H groups in total. The van der Waals surface area contributed by atoms with Crippen LogP contribution in [0.4, 0.5) is 0 Å². The van der Waals surface area contributed by atoms with Gasteiger partial charge in [-0.2, -0.15) is 0 Å². The van der Waals surface area contributed by atoms with Crippen molar-refractivity contribution in [3.8, 4) is 0 Å². The number of carbonyl (C=O) groups excluding carboxylic acids is 2. The van der Waals surface area contributed by atoms with Crippen molar-refractivity contribution in [1.29, 1.82) is 0 Å². The second-order valence-electron chi connectivity index (χ2n) is 4.53. The molecule has 0 saturated carbocycles. The highest BCUT2D eigenvalue weighted by Gasteiger charge is 2.40. The minimum Gasteiger partial charge on any atom is -0.475 e. The van der Waals surface area contributed by atoms with E-state index in [4.69, 9.17) is 14.6 Å². The molecule has 1 aliphatic carbocycles. The SMILES string of the molecule is COC1OC(C(=O)O)=CC2=C1C(=O)c1ccccc1C2=O. The quantitative estimate of drug-likeness (QED) is 0.882. The van der Waals surface area contributed by atoms with Crippen molar-refractivity contribution in [2.45, 2.75) is 6.29 Å². The molecule has 106 valence electrons. The molecule has 0 aromatic heterocycles. The summed E-state index contributed by atoms with van der Waals surface area (Å²) >= 11 is 0. The number of fused-ring (bicyclic) bond motifs is 1. The van der Waals surface area contributed by atoms with Crippen molar-refractivity contribution in [3.63, 3.8) is 0 Å². The molecule has 1 heterocycles. The summed E-state index contributed by atoms with van der Waals surface area (Å²) in [4.78, 5) is 36.0. The van der Waals surface area contributed by atoms with Crippen LogP contribution in [0.15, 0.2) is 47.2 Å². The van der Waals surface area contributed by atoms with Gasteiger partial charge in [0.1, 0.15) is 0 Å². The van der Waals surface area contributed by atoms with Gasteiger partial charge in [-0.1, -0.05) is 24.3 Å². The zero-order valence-corrected chi connectivity index (χ0v) is 11.0. The number of Topliss-reactive ketones (excluding diaryl/α,β-unsaturated/α-hetero) is 2. The highest BCUT2D eigenvalue weighted by molar-refractivity contribution is 6.28. The van der Waals surface area contributed by atoms with Crippen LogP contribution in [0.1, 0.15) is 20.7 Å². The Kier molecular flexibility index (Phi) is 2.95. The van der Waals surface area contributed by atoms with E-state index in [1.165, 1.54) is 13.2 Å². The third-order valence-corrected chi connectivity index (χ3v) is 3.37. The number of rotatable bonds is 2. The zero-order chi connectivity index (χ0) is 15.1. The van der Waals surface area contributed by atoms with Gasteiger partial charge in [0.05, 0.1) is 5.57 Å². The number of allylic oxidation sites excluding steroid dienone is 2. The summed E-state index contributed by atoms with van der Waals surface area (Å²) in [6.07, 6.45) is -0.135. The number of aliphatic carboxylic acids is 1. The molecule has 2 aliphatic rings. The van der Waals surface area contributed by atoms with Crippen LogP contribution in [0.3, 0.4) is 0 Å². The van der Waals surface area contributed by atoms with Gasteiger partial charge in [-0.25, -0.2) is 4.79 Å². The lowest BCUT2D eigenvalue weighted by Crippen LogP contribution is -2.34. The van der Waals surface area contributed by atoms with Crippen LogP contribution in [0.5, 0.6) is 0 Å². The van der Waals surface area contributed by atoms with E-state index in [1.807, 2.05) is 0 Å². The highest BCUT2D eigenvalue weighted by Crippen LogP contribution is 2.34. The monoisotopic (exact) mass is 286 g/mol. The van der Waals surface area contributed by atoms with E-state index in [0.29, 0.717) is 0 Å². The first-order valence-corrected chi connectivity index (χ1v) is 6.11. The largest absolute Gasteiger partial charge is 0.475 e. The van der Waals surface area contributed by atoms with Crippen LogP contribution in [-0.2, 0) is 14.3 Å². The molecule has 0 amide bonds. The number of ketones is 2.